The lowest BCUT2D eigenvalue weighted by Crippen LogP contribution is -2.54. The predicted octanol–water partition coefficient (Wildman–Crippen LogP) is 4.56. The summed E-state index contributed by atoms with van der Waals surface area (Å²) in [5, 5.41) is 17.4. The van der Waals surface area contributed by atoms with Crippen LogP contribution < -0.4 is 20.3 Å². The Morgan fingerprint density at radius 2 is 1.92 bits per heavy atom. The Morgan fingerprint density at radius 1 is 1.13 bits per heavy atom. The summed E-state index contributed by atoms with van der Waals surface area (Å²) in [6.07, 6.45) is 3.96. The molecule has 2 saturated heterocycles. The second-order valence-corrected chi connectivity index (χ2v) is 12.3. The third-order valence-corrected chi connectivity index (χ3v) is 8.14. The smallest absolute Gasteiger partial charge is 0.229 e. The molecule has 0 radical (unpaired) electrons. The third-order valence-electron chi connectivity index (χ3n) is 8.14. The Labute approximate surface area is 230 Å². The molecule has 2 fully saturated rings. The van der Waals surface area contributed by atoms with Gasteiger partial charge in [-0.25, -0.2) is 9.97 Å². The topological polar surface area (TPSA) is 105 Å². The molecule has 9 nitrogen and oxygen atoms in total. The zero-order chi connectivity index (χ0) is 27.4. The standard InChI is InChI=1S/C30H38N6O3/c1-28(2)15-24-30(5,18-38-28)22-17-32-27(33-19-9-11-20(12-10-19)39-21-13-14-31-16-21)35-26(22)36(24)25-8-6-7-23(34-25)29(3,4)37/h6-12,17,21,24,31,37H,13-16,18H2,1-5H3,(H,32,33,35)/t21-,24+,30+/m0/s1. The molecule has 9 heteroatoms. The molecule has 1 aromatic carbocycles. The molecule has 3 aliphatic rings. The first-order valence-electron chi connectivity index (χ1n) is 13.8. The van der Waals surface area contributed by atoms with Crippen LogP contribution in [0.1, 0.15) is 58.7 Å². The van der Waals surface area contributed by atoms with Gasteiger partial charge in [0.2, 0.25) is 5.95 Å². The molecule has 39 heavy (non-hydrogen) atoms. The Hall–Kier alpha value is -3.27. The van der Waals surface area contributed by atoms with Gasteiger partial charge in [0.1, 0.15) is 29.1 Å². The average Bonchev–Trinajstić information content (AvgIpc) is 3.48. The molecule has 3 atom stereocenters. The molecule has 206 valence electrons. The highest BCUT2D eigenvalue weighted by molar-refractivity contribution is 5.71. The first kappa shape index (κ1) is 26.0. The van der Waals surface area contributed by atoms with Crippen LogP contribution in [0.3, 0.4) is 0 Å². The predicted molar refractivity (Wildman–Crippen MR) is 151 cm³/mol. The van der Waals surface area contributed by atoms with Crippen LogP contribution in [0.15, 0.2) is 48.7 Å². The molecule has 0 unspecified atom stereocenters. The molecule has 0 bridgehead atoms. The highest BCUT2D eigenvalue weighted by Gasteiger charge is 2.55. The molecule has 3 aliphatic heterocycles. The van der Waals surface area contributed by atoms with Crippen LogP contribution in [0.4, 0.5) is 23.3 Å². The van der Waals surface area contributed by atoms with Crippen molar-refractivity contribution in [1.29, 1.82) is 0 Å². The maximum absolute atomic E-state index is 10.7. The first-order chi connectivity index (χ1) is 18.5. The fourth-order valence-corrected chi connectivity index (χ4v) is 5.83. The maximum Gasteiger partial charge on any atom is 0.229 e. The van der Waals surface area contributed by atoms with Gasteiger partial charge in [-0.3, -0.25) is 0 Å². The number of nitrogens with zero attached hydrogens (tertiary/aromatic N) is 4. The van der Waals surface area contributed by atoms with Crippen molar-refractivity contribution in [2.24, 2.45) is 0 Å². The van der Waals surface area contributed by atoms with Crippen molar-refractivity contribution in [3.05, 3.63) is 59.9 Å². The van der Waals surface area contributed by atoms with Gasteiger partial charge in [0, 0.05) is 29.4 Å². The largest absolute Gasteiger partial charge is 0.489 e. The van der Waals surface area contributed by atoms with Crippen LogP contribution in [0, 0.1) is 0 Å². The molecule has 0 spiro atoms. The number of pyridine rings is 1. The summed E-state index contributed by atoms with van der Waals surface area (Å²) in [5.74, 6) is 2.94. The minimum atomic E-state index is -1.06. The number of aromatic nitrogens is 3. The van der Waals surface area contributed by atoms with Gasteiger partial charge in [-0.2, -0.15) is 4.98 Å². The fourth-order valence-electron chi connectivity index (χ4n) is 5.83. The van der Waals surface area contributed by atoms with Crippen LogP contribution in [0.5, 0.6) is 5.75 Å². The van der Waals surface area contributed by atoms with Crippen molar-refractivity contribution in [3.8, 4) is 5.75 Å². The molecule has 2 aromatic heterocycles. The Morgan fingerprint density at radius 3 is 2.64 bits per heavy atom. The van der Waals surface area contributed by atoms with E-state index in [1.165, 1.54) is 0 Å². The summed E-state index contributed by atoms with van der Waals surface area (Å²) in [6.45, 7) is 12.4. The van der Waals surface area contributed by atoms with E-state index in [-0.39, 0.29) is 23.2 Å². The molecule has 3 N–H and O–H groups in total. The summed E-state index contributed by atoms with van der Waals surface area (Å²) in [7, 11) is 0. The van der Waals surface area contributed by atoms with Gasteiger partial charge in [-0.05, 0) is 83.5 Å². The lowest BCUT2D eigenvalue weighted by atomic mass is 9.73. The number of hydrogen-bond donors (Lipinski definition) is 3. The average molecular weight is 531 g/mol. The number of fused-ring (bicyclic) bond motifs is 3. The minimum absolute atomic E-state index is 0.0758. The summed E-state index contributed by atoms with van der Waals surface area (Å²) >= 11 is 0. The lowest BCUT2D eigenvalue weighted by Gasteiger charge is -2.46. The highest BCUT2D eigenvalue weighted by atomic mass is 16.5. The van der Waals surface area contributed by atoms with E-state index in [9.17, 15) is 5.11 Å². The second-order valence-electron chi connectivity index (χ2n) is 12.3. The summed E-state index contributed by atoms with van der Waals surface area (Å²) in [4.78, 5) is 16.8. The van der Waals surface area contributed by atoms with Crippen LogP contribution >= 0.6 is 0 Å². The van der Waals surface area contributed by atoms with Crippen LogP contribution in [0.25, 0.3) is 0 Å². The van der Waals surface area contributed by atoms with E-state index in [1.807, 2.05) is 48.7 Å². The molecular weight excluding hydrogens is 492 g/mol. The molecule has 6 rings (SSSR count). The Kier molecular flexibility index (Phi) is 6.28. The number of aliphatic hydroxyl groups is 1. The van der Waals surface area contributed by atoms with Gasteiger partial charge >= 0.3 is 0 Å². The van der Waals surface area contributed by atoms with Gasteiger partial charge in [0.05, 0.1) is 23.9 Å². The van der Waals surface area contributed by atoms with Gasteiger partial charge < -0.3 is 30.1 Å². The Balaban J connectivity index is 1.33. The van der Waals surface area contributed by atoms with Crippen molar-refractivity contribution < 1.29 is 14.6 Å². The zero-order valence-corrected chi connectivity index (χ0v) is 23.4. The van der Waals surface area contributed by atoms with Gasteiger partial charge in [-0.15, -0.1) is 0 Å². The van der Waals surface area contributed by atoms with Gasteiger partial charge in [0.15, 0.2) is 0 Å². The zero-order valence-electron chi connectivity index (χ0n) is 23.4. The molecule has 5 heterocycles. The summed E-state index contributed by atoms with van der Waals surface area (Å²) < 4.78 is 12.4. The van der Waals surface area contributed by atoms with E-state index >= 15 is 0 Å². The van der Waals surface area contributed by atoms with Crippen LogP contribution in [-0.4, -0.2) is 57.5 Å². The number of rotatable bonds is 6. The van der Waals surface area contributed by atoms with Gasteiger partial charge in [0.25, 0.3) is 0 Å². The second kappa shape index (κ2) is 9.43. The third kappa shape index (κ3) is 4.95. The first-order valence-corrected chi connectivity index (χ1v) is 13.8. The van der Waals surface area contributed by atoms with E-state index in [4.69, 9.17) is 24.4 Å². The van der Waals surface area contributed by atoms with Crippen molar-refractivity contribution in [3.63, 3.8) is 0 Å². The van der Waals surface area contributed by atoms with Crippen molar-refractivity contribution >= 4 is 23.3 Å². The number of ether oxygens (including phenoxy) is 2. The lowest BCUT2D eigenvalue weighted by molar-refractivity contribution is -0.0893. The maximum atomic E-state index is 10.7. The van der Waals surface area contributed by atoms with Crippen molar-refractivity contribution in [2.45, 2.75) is 76.2 Å². The minimum Gasteiger partial charge on any atom is -0.489 e. The summed E-state index contributed by atoms with van der Waals surface area (Å²) in [5.41, 5.74) is 0.892. The molecule has 3 aromatic rings. The normalized spacial score (nSPS) is 25.7. The van der Waals surface area contributed by atoms with E-state index in [2.05, 4.69) is 36.3 Å². The van der Waals surface area contributed by atoms with Gasteiger partial charge in [-0.1, -0.05) is 13.0 Å². The summed E-state index contributed by atoms with van der Waals surface area (Å²) in [6, 6.07) is 13.8. The van der Waals surface area contributed by atoms with E-state index in [1.54, 1.807) is 13.8 Å². The molecule has 0 amide bonds. The fraction of sp³-hybridized carbons (Fsp3) is 0.500. The monoisotopic (exact) mass is 530 g/mol. The number of nitrogens with one attached hydrogen (secondary N) is 2. The van der Waals surface area contributed by atoms with Crippen LogP contribution in [0.2, 0.25) is 0 Å². The Bertz CT molecular complexity index is 1350. The van der Waals surface area contributed by atoms with E-state index < -0.39 is 5.60 Å². The molecular formula is C30H38N6O3. The number of benzene rings is 1. The number of hydrogen-bond acceptors (Lipinski definition) is 9. The van der Waals surface area contributed by atoms with Crippen molar-refractivity contribution in [2.75, 3.05) is 29.9 Å². The molecule has 0 saturated carbocycles. The SMILES string of the molecule is CC1(C)C[C@H]2N(c3cccc(C(C)(C)O)n3)c3nc(Nc4ccc(O[C@H]5CCNC5)cc4)ncc3[C@@]2(C)CO1. The van der Waals surface area contributed by atoms with E-state index in [0.29, 0.717) is 18.2 Å². The van der Waals surface area contributed by atoms with Crippen molar-refractivity contribution in [1.82, 2.24) is 20.3 Å². The van der Waals surface area contributed by atoms with E-state index in [0.717, 1.165) is 54.6 Å². The quantitative estimate of drug-likeness (QED) is 0.423. The number of anilines is 4. The van der Waals surface area contributed by atoms with Crippen LogP contribution in [-0.2, 0) is 15.8 Å². The highest BCUT2D eigenvalue weighted by Crippen LogP contribution is 2.53. The molecule has 0 aliphatic carbocycles.